The quantitative estimate of drug-likeness (QED) is 0.169. The number of anilines is 4. The number of nitrogens with one attached hydrogen (secondary N) is 3. The van der Waals surface area contributed by atoms with Crippen LogP contribution in [0.2, 0.25) is 0 Å². The summed E-state index contributed by atoms with van der Waals surface area (Å²) in [7, 11) is 1.62. The number of rotatable bonds is 9. The monoisotopic (exact) mass is 485 g/mol. The van der Waals surface area contributed by atoms with Crippen molar-refractivity contribution >= 4 is 57.4 Å². The van der Waals surface area contributed by atoms with Crippen molar-refractivity contribution in [1.29, 1.82) is 0 Å². The van der Waals surface area contributed by atoms with E-state index in [1.54, 1.807) is 31.4 Å². The Kier molecular flexibility index (Phi) is 7.59. The lowest BCUT2D eigenvalue weighted by molar-refractivity contribution is -0.114. The number of ether oxygens (including phenoxy) is 1. The van der Waals surface area contributed by atoms with Crippen molar-refractivity contribution < 1.29 is 14.3 Å². The Bertz CT molecular complexity index is 1390. The molecule has 0 atom stereocenters. The lowest BCUT2D eigenvalue weighted by atomic mass is 10.2. The highest BCUT2D eigenvalue weighted by atomic mass is 32.2. The molecule has 0 radical (unpaired) electrons. The maximum atomic E-state index is 12.6. The number of hydrogen-bond acceptors (Lipinski definition) is 7. The van der Waals surface area contributed by atoms with Crippen molar-refractivity contribution in [3.05, 3.63) is 85.5 Å². The molecule has 0 aliphatic rings. The van der Waals surface area contributed by atoms with Gasteiger partial charge in [-0.05, 0) is 48.5 Å². The number of amides is 2. The molecule has 0 saturated carbocycles. The van der Waals surface area contributed by atoms with Crippen LogP contribution in [0.4, 0.5) is 22.9 Å². The molecule has 4 rings (SSSR count). The number of thioether (sulfide) groups is 1. The minimum Gasteiger partial charge on any atom is -0.497 e. The zero-order chi connectivity index (χ0) is 24.6. The van der Waals surface area contributed by atoms with E-state index in [4.69, 9.17) is 4.74 Å². The van der Waals surface area contributed by atoms with Crippen molar-refractivity contribution in [1.82, 2.24) is 9.97 Å². The van der Waals surface area contributed by atoms with E-state index in [1.807, 2.05) is 48.5 Å². The highest BCUT2D eigenvalue weighted by molar-refractivity contribution is 7.99. The van der Waals surface area contributed by atoms with Crippen LogP contribution in [0.25, 0.3) is 10.9 Å². The zero-order valence-electron chi connectivity index (χ0n) is 18.9. The van der Waals surface area contributed by atoms with Crippen LogP contribution in [0.1, 0.15) is 0 Å². The second-order valence-corrected chi connectivity index (χ2v) is 8.28. The van der Waals surface area contributed by atoms with E-state index in [2.05, 4.69) is 32.5 Å². The fourth-order valence-corrected chi connectivity index (χ4v) is 3.90. The van der Waals surface area contributed by atoms with Crippen LogP contribution >= 0.6 is 11.8 Å². The largest absolute Gasteiger partial charge is 0.497 e. The standard InChI is InChI=1S/C26H23N5O3S/c1-3-23(32)27-17-8-6-9-18(14-17)28-24(33)16-35-26-30-22-13-5-4-12-21(22)25(31-26)29-19-10-7-11-20(15-19)34-2/h3-15H,1,16H2,2H3,(H,27,32)(H,28,33)(H,29,30,31). The number of para-hydroxylation sites is 1. The number of benzene rings is 3. The molecule has 9 heteroatoms. The van der Waals surface area contributed by atoms with Gasteiger partial charge in [0.2, 0.25) is 11.8 Å². The van der Waals surface area contributed by atoms with Gasteiger partial charge < -0.3 is 20.7 Å². The summed E-state index contributed by atoms with van der Waals surface area (Å²) in [6.07, 6.45) is 1.18. The maximum absolute atomic E-state index is 12.6. The fourth-order valence-electron chi connectivity index (χ4n) is 3.25. The first-order valence-electron chi connectivity index (χ1n) is 10.7. The molecule has 1 aromatic heterocycles. The third kappa shape index (κ3) is 6.36. The molecule has 0 unspecified atom stereocenters. The van der Waals surface area contributed by atoms with Crippen molar-refractivity contribution in [2.45, 2.75) is 5.16 Å². The molecular formula is C26H23N5O3S. The van der Waals surface area contributed by atoms with Crippen LogP contribution in [0.5, 0.6) is 5.75 Å². The molecule has 0 aliphatic heterocycles. The molecule has 3 aromatic carbocycles. The van der Waals surface area contributed by atoms with Crippen molar-refractivity contribution in [2.24, 2.45) is 0 Å². The molecule has 0 fully saturated rings. The second-order valence-electron chi connectivity index (χ2n) is 7.34. The lowest BCUT2D eigenvalue weighted by Gasteiger charge is -2.12. The van der Waals surface area contributed by atoms with Gasteiger partial charge in [0.1, 0.15) is 11.6 Å². The molecule has 35 heavy (non-hydrogen) atoms. The van der Waals surface area contributed by atoms with Gasteiger partial charge in [0.25, 0.3) is 0 Å². The number of carbonyl (C=O) groups is 2. The summed E-state index contributed by atoms with van der Waals surface area (Å²) in [4.78, 5) is 33.3. The zero-order valence-corrected chi connectivity index (χ0v) is 19.8. The molecule has 4 aromatic rings. The minimum atomic E-state index is -0.323. The van der Waals surface area contributed by atoms with E-state index < -0.39 is 0 Å². The van der Waals surface area contributed by atoms with Crippen LogP contribution in [-0.4, -0.2) is 34.6 Å². The first kappa shape index (κ1) is 23.8. The average molecular weight is 486 g/mol. The fraction of sp³-hybridized carbons (Fsp3) is 0.0769. The van der Waals surface area contributed by atoms with Crippen molar-refractivity contribution in [2.75, 3.05) is 28.8 Å². The molecule has 2 amide bonds. The third-order valence-corrected chi connectivity index (χ3v) is 5.69. The molecule has 8 nitrogen and oxygen atoms in total. The SMILES string of the molecule is C=CC(=O)Nc1cccc(NC(=O)CSc2nc(Nc3cccc(OC)c3)c3ccccc3n2)c1. The van der Waals surface area contributed by atoms with Gasteiger partial charge in [0.05, 0.1) is 18.4 Å². The van der Waals surface area contributed by atoms with E-state index in [0.29, 0.717) is 22.3 Å². The van der Waals surface area contributed by atoms with Gasteiger partial charge in [0, 0.05) is 28.5 Å². The summed E-state index contributed by atoms with van der Waals surface area (Å²) in [5.74, 6) is 0.933. The van der Waals surface area contributed by atoms with Gasteiger partial charge in [-0.2, -0.15) is 0 Å². The Morgan fingerprint density at radius 1 is 0.943 bits per heavy atom. The second kappa shape index (κ2) is 11.2. The Morgan fingerprint density at radius 3 is 2.49 bits per heavy atom. The normalized spacial score (nSPS) is 10.4. The van der Waals surface area contributed by atoms with E-state index in [-0.39, 0.29) is 17.6 Å². The minimum absolute atomic E-state index is 0.111. The third-order valence-electron chi connectivity index (χ3n) is 4.85. The lowest BCUT2D eigenvalue weighted by Crippen LogP contribution is -2.15. The Hall–Kier alpha value is -4.37. The first-order chi connectivity index (χ1) is 17.0. The summed E-state index contributed by atoms with van der Waals surface area (Å²) in [6.45, 7) is 3.43. The smallest absolute Gasteiger partial charge is 0.247 e. The Morgan fingerprint density at radius 2 is 1.69 bits per heavy atom. The van der Waals surface area contributed by atoms with E-state index >= 15 is 0 Å². The van der Waals surface area contributed by atoms with E-state index in [1.165, 1.54) is 17.8 Å². The van der Waals surface area contributed by atoms with E-state index in [0.717, 1.165) is 22.3 Å². The summed E-state index contributed by atoms with van der Waals surface area (Å²) in [5.41, 5.74) is 2.72. The molecule has 3 N–H and O–H groups in total. The van der Waals surface area contributed by atoms with Gasteiger partial charge in [-0.25, -0.2) is 9.97 Å². The predicted molar refractivity (Wildman–Crippen MR) is 140 cm³/mol. The molecular weight excluding hydrogens is 462 g/mol. The highest BCUT2D eigenvalue weighted by Gasteiger charge is 2.11. The van der Waals surface area contributed by atoms with Crippen molar-refractivity contribution in [3.63, 3.8) is 0 Å². The molecule has 176 valence electrons. The summed E-state index contributed by atoms with van der Waals surface area (Å²) >= 11 is 1.23. The first-order valence-corrected chi connectivity index (χ1v) is 11.7. The summed E-state index contributed by atoms with van der Waals surface area (Å²) in [6, 6.07) is 22.1. The van der Waals surface area contributed by atoms with E-state index in [9.17, 15) is 9.59 Å². The van der Waals surface area contributed by atoms with Gasteiger partial charge in [-0.1, -0.05) is 42.6 Å². The average Bonchev–Trinajstić information content (AvgIpc) is 2.87. The Balaban J connectivity index is 1.47. The highest BCUT2D eigenvalue weighted by Crippen LogP contribution is 2.28. The molecule has 0 bridgehead atoms. The van der Waals surface area contributed by atoms with Gasteiger partial charge in [0.15, 0.2) is 5.16 Å². The molecule has 1 heterocycles. The van der Waals surface area contributed by atoms with Gasteiger partial charge in [-0.3, -0.25) is 9.59 Å². The summed E-state index contributed by atoms with van der Waals surface area (Å²) in [5, 5.41) is 10.2. The maximum Gasteiger partial charge on any atom is 0.247 e. The van der Waals surface area contributed by atoms with Gasteiger partial charge in [-0.15, -0.1) is 0 Å². The molecule has 0 saturated heterocycles. The Labute approximate surface area is 206 Å². The number of nitrogens with zero attached hydrogens (tertiary/aromatic N) is 2. The van der Waals surface area contributed by atoms with Crippen LogP contribution in [0, 0.1) is 0 Å². The van der Waals surface area contributed by atoms with Crippen molar-refractivity contribution in [3.8, 4) is 5.75 Å². The number of carbonyl (C=O) groups excluding carboxylic acids is 2. The predicted octanol–water partition coefficient (Wildman–Crippen LogP) is 5.24. The van der Waals surface area contributed by atoms with Crippen LogP contribution < -0.4 is 20.7 Å². The van der Waals surface area contributed by atoms with Crippen LogP contribution in [-0.2, 0) is 9.59 Å². The number of fused-ring (bicyclic) bond motifs is 1. The topological polar surface area (TPSA) is 105 Å². The van der Waals surface area contributed by atoms with Crippen LogP contribution in [0.3, 0.4) is 0 Å². The van der Waals surface area contributed by atoms with Crippen LogP contribution in [0.15, 0.2) is 90.6 Å². The summed E-state index contributed by atoms with van der Waals surface area (Å²) < 4.78 is 5.30. The van der Waals surface area contributed by atoms with Gasteiger partial charge >= 0.3 is 0 Å². The molecule has 0 aliphatic carbocycles. The molecule has 0 spiro atoms. The number of aromatic nitrogens is 2. The number of hydrogen-bond donors (Lipinski definition) is 3. The number of methoxy groups -OCH3 is 1.